The first-order valence-electron chi connectivity index (χ1n) is 9.02. The molecule has 5 nitrogen and oxygen atoms in total. The molecule has 0 atom stereocenters. The first-order valence-corrected chi connectivity index (χ1v) is 11.2. The standard InChI is InChI=1S/C20H17ClFN3O2S2/c21-15-11-13(22)5-6-14(15)19(27)25-9-7-24(8-10-25)18(26)12-28-20-23-16-3-1-2-4-17(16)29-20/h1-6,11H,7-10,12H2. The number of hydrogen-bond donors (Lipinski definition) is 0. The van der Waals surface area contributed by atoms with Crippen LogP contribution < -0.4 is 0 Å². The van der Waals surface area contributed by atoms with Crippen molar-refractivity contribution in [1.29, 1.82) is 0 Å². The zero-order chi connectivity index (χ0) is 20.4. The number of aromatic nitrogens is 1. The van der Waals surface area contributed by atoms with Gasteiger partial charge < -0.3 is 9.80 Å². The number of thiazole rings is 1. The summed E-state index contributed by atoms with van der Waals surface area (Å²) < 4.78 is 15.2. The van der Waals surface area contributed by atoms with E-state index >= 15 is 0 Å². The maximum absolute atomic E-state index is 13.2. The van der Waals surface area contributed by atoms with E-state index in [4.69, 9.17) is 11.6 Å². The van der Waals surface area contributed by atoms with Crippen LogP contribution in [-0.4, -0.2) is 58.5 Å². The molecule has 0 radical (unpaired) electrons. The van der Waals surface area contributed by atoms with Crippen LogP contribution in [0.1, 0.15) is 10.4 Å². The van der Waals surface area contributed by atoms with Crippen molar-refractivity contribution in [2.75, 3.05) is 31.9 Å². The Bertz CT molecular complexity index is 1030. The van der Waals surface area contributed by atoms with E-state index in [9.17, 15) is 14.0 Å². The minimum absolute atomic E-state index is 0.0289. The molecule has 1 fully saturated rings. The van der Waals surface area contributed by atoms with E-state index in [1.807, 2.05) is 24.3 Å². The van der Waals surface area contributed by atoms with Crippen molar-refractivity contribution in [1.82, 2.24) is 14.8 Å². The summed E-state index contributed by atoms with van der Waals surface area (Å²) in [4.78, 5) is 33.1. The number of thioether (sulfide) groups is 1. The van der Waals surface area contributed by atoms with Gasteiger partial charge in [-0.05, 0) is 30.3 Å². The number of amides is 2. The molecule has 150 valence electrons. The van der Waals surface area contributed by atoms with Gasteiger partial charge in [-0.15, -0.1) is 11.3 Å². The summed E-state index contributed by atoms with van der Waals surface area (Å²) in [5.41, 5.74) is 1.22. The lowest BCUT2D eigenvalue weighted by molar-refractivity contribution is -0.129. The number of para-hydroxylation sites is 1. The Morgan fingerprint density at radius 2 is 1.83 bits per heavy atom. The van der Waals surface area contributed by atoms with E-state index in [0.29, 0.717) is 31.9 Å². The lowest BCUT2D eigenvalue weighted by atomic mass is 10.1. The largest absolute Gasteiger partial charge is 0.338 e. The Labute approximate surface area is 180 Å². The zero-order valence-corrected chi connectivity index (χ0v) is 17.7. The van der Waals surface area contributed by atoms with E-state index in [0.717, 1.165) is 20.6 Å². The SMILES string of the molecule is O=C(CSc1nc2ccccc2s1)N1CCN(C(=O)c2ccc(F)cc2Cl)CC1. The third kappa shape index (κ3) is 4.55. The highest BCUT2D eigenvalue weighted by Gasteiger charge is 2.26. The van der Waals surface area contributed by atoms with Gasteiger partial charge in [0.1, 0.15) is 5.82 Å². The predicted molar refractivity (Wildman–Crippen MR) is 114 cm³/mol. The monoisotopic (exact) mass is 449 g/mol. The number of hydrogen-bond acceptors (Lipinski definition) is 5. The second-order valence-corrected chi connectivity index (χ2v) is 9.19. The van der Waals surface area contributed by atoms with Gasteiger partial charge in [-0.1, -0.05) is 35.5 Å². The quantitative estimate of drug-likeness (QED) is 0.561. The zero-order valence-electron chi connectivity index (χ0n) is 15.3. The van der Waals surface area contributed by atoms with Gasteiger partial charge in [0.2, 0.25) is 5.91 Å². The van der Waals surface area contributed by atoms with E-state index in [1.165, 1.54) is 23.9 Å². The number of piperazine rings is 1. The molecule has 0 unspecified atom stereocenters. The molecule has 1 saturated heterocycles. The molecule has 2 amide bonds. The van der Waals surface area contributed by atoms with Crippen LogP contribution in [0.2, 0.25) is 5.02 Å². The van der Waals surface area contributed by atoms with Gasteiger partial charge in [0.15, 0.2) is 4.34 Å². The topological polar surface area (TPSA) is 53.5 Å². The first-order chi connectivity index (χ1) is 14.0. The smallest absolute Gasteiger partial charge is 0.255 e. The molecule has 1 aliphatic heterocycles. The molecule has 0 aliphatic carbocycles. The number of nitrogens with zero attached hydrogens (tertiary/aromatic N) is 3. The summed E-state index contributed by atoms with van der Waals surface area (Å²) in [5.74, 6) is -0.378. The highest BCUT2D eigenvalue weighted by Crippen LogP contribution is 2.29. The van der Waals surface area contributed by atoms with E-state index < -0.39 is 5.82 Å². The lowest BCUT2D eigenvalue weighted by Gasteiger charge is -2.34. The third-order valence-electron chi connectivity index (χ3n) is 4.67. The molecule has 1 aromatic heterocycles. The summed E-state index contributed by atoms with van der Waals surface area (Å²) in [6.07, 6.45) is 0. The Kier molecular flexibility index (Phi) is 6.03. The Morgan fingerprint density at radius 1 is 1.10 bits per heavy atom. The third-order valence-corrected chi connectivity index (χ3v) is 7.15. The number of fused-ring (bicyclic) bond motifs is 1. The fourth-order valence-electron chi connectivity index (χ4n) is 3.12. The average Bonchev–Trinajstić information content (AvgIpc) is 3.15. The first kappa shape index (κ1) is 20.1. The van der Waals surface area contributed by atoms with Crippen molar-refractivity contribution in [2.24, 2.45) is 0 Å². The van der Waals surface area contributed by atoms with Crippen LogP contribution in [0.4, 0.5) is 4.39 Å². The molecular weight excluding hydrogens is 433 g/mol. The number of benzene rings is 2. The highest BCUT2D eigenvalue weighted by atomic mass is 35.5. The Hall–Kier alpha value is -2.16. The number of carbonyl (C=O) groups is 2. The second kappa shape index (κ2) is 8.69. The van der Waals surface area contributed by atoms with Gasteiger partial charge in [0.25, 0.3) is 5.91 Å². The molecule has 0 bridgehead atoms. The van der Waals surface area contributed by atoms with Gasteiger partial charge >= 0.3 is 0 Å². The molecule has 1 aliphatic rings. The Morgan fingerprint density at radius 3 is 2.55 bits per heavy atom. The van der Waals surface area contributed by atoms with Crippen molar-refractivity contribution < 1.29 is 14.0 Å². The van der Waals surface area contributed by atoms with Gasteiger partial charge in [0, 0.05) is 26.2 Å². The maximum Gasteiger partial charge on any atom is 0.255 e. The number of rotatable bonds is 4. The van der Waals surface area contributed by atoms with Crippen molar-refractivity contribution in [3.63, 3.8) is 0 Å². The molecule has 9 heteroatoms. The Balaban J connectivity index is 1.30. The fraction of sp³-hybridized carbons (Fsp3) is 0.250. The summed E-state index contributed by atoms with van der Waals surface area (Å²) in [7, 11) is 0. The number of carbonyl (C=O) groups excluding carboxylic acids is 2. The fourth-order valence-corrected chi connectivity index (χ4v) is 5.34. The van der Waals surface area contributed by atoms with Crippen LogP contribution >= 0.6 is 34.7 Å². The van der Waals surface area contributed by atoms with E-state index in [1.54, 1.807) is 21.1 Å². The molecule has 3 aromatic rings. The average molecular weight is 450 g/mol. The van der Waals surface area contributed by atoms with Crippen molar-refractivity contribution in [3.8, 4) is 0 Å². The van der Waals surface area contributed by atoms with Crippen LogP contribution in [0.5, 0.6) is 0 Å². The maximum atomic E-state index is 13.2. The molecule has 2 heterocycles. The molecule has 29 heavy (non-hydrogen) atoms. The van der Waals surface area contributed by atoms with Crippen LogP contribution in [0, 0.1) is 5.82 Å². The lowest BCUT2D eigenvalue weighted by Crippen LogP contribution is -2.51. The molecule has 0 N–H and O–H groups in total. The summed E-state index contributed by atoms with van der Waals surface area (Å²) in [5, 5.41) is 0.0979. The minimum atomic E-state index is -0.479. The normalized spacial score (nSPS) is 14.4. The summed E-state index contributed by atoms with van der Waals surface area (Å²) >= 11 is 9.01. The molecule has 4 rings (SSSR count). The van der Waals surface area contributed by atoms with E-state index in [2.05, 4.69) is 4.98 Å². The van der Waals surface area contributed by atoms with Crippen LogP contribution in [0.3, 0.4) is 0 Å². The molecular formula is C20H17ClFN3O2S2. The number of halogens is 2. The second-order valence-electron chi connectivity index (χ2n) is 6.53. The van der Waals surface area contributed by atoms with Gasteiger partial charge in [-0.25, -0.2) is 9.37 Å². The van der Waals surface area contributed by atoms with Crippen LogP contribution in [-0.2, 0) is 4.79 Å². The van der Waals surface area contributed by atoms with Gasteiger partial charge in [0.05, 0.1) is 26.6 Å². The summed E-state index contributed by atoms with van der Waals surface area (Å²) in [6, 6.07) is 11.6. The molecule has 0 spiro atoms. The minimum Gasteiger partial charge on any atom is -0.338 e. The molecule has 0 saturated carbocycles. The van der Waals surface area contributed by atoms with Crippen molar-refractivity contribution in [2.45, 2.75) is 4.34 Å². The van der Waals surface area contributed by atoms with Gasteiger partial charge in [-0.3, -0.25) is 9.59 Å². The molecule has 2 aromatic carbocycles. The highest BCUT2D eigenvalue weighted by molar-refractivity contribution is 8.01. The van der Waals surface area contributed by atoms with Crippen molar-refractivity contribution >= 4 is 56.7 Å². The summed E-state index contributed by atoms with van der Waals surface area (Å²) in [6.45, 7) is 1.77. The van der Waals surface area contributed by atoms with Crippen LogP contribution in [0.25, 0.3) is 10.2 Å². The predicted octanol–water partition coefficient (Wildman–Crippen LogP) is 4.17. The van der Waals surface area contributed by atoms with Crippen LogP contribution in [0.15, 0.2) is 46.8 Å². The van der Waals surface area contributed by atoms with Gasteiger partial charge in [-0.2, -0.15) is 0 Å². The van der Waals surface area contributed by atoms with E-state index in [-0.39, 0.29) is 22.4 Å². The van der Waals surface area contributed by atoms with Crippen molar-refractivity contribution in [3.05, 3.63) is 58.9 Å².